The van der Waals surface area contributed by atoms with Crippen LogP contribution in [0.1, 0.15) is 12.5 Å². The van der Waals surface area contributed by atoms with Crippen LogP contribution in [0.25, 0.3) is 6.08 Å². The minimum atomic E-state index is -1.13. The molecular formula is C19H20ClN3O6. The molecule has 29 heavy (non-hydrogen) atoms. The second-order valence-corrected chi connectivity index (χ2v) is 6.52. The number of halogens is 1. The van der Waals surface area contributed by atoms with Crippen LogP contribution < -0.4 is 21.3 Å². The summed E-state index contributed by atoms with van der Waals surface area (Å²) in [6.45, 7) is 1.39. The Labute approximate surface area is 171 Å². The Morgan fingerprint density at radius 2 is 1.93 bits per heavy atom. The third kappa shape index (κ3) is 5.35. The SMILES string of the molecule is COc1ccc(Cl)cc1NC(=O)C(C)OC(=O)/C=C/c1cn(C)c(=O)n(C)c1=O. The number of benzene rings is 1. The highest BCUT2D eigenvalue weighted by atomic mass is 35.5. The average Bonchev–Trinajstić information content (AvgIpc) is 2.68. The van der Waals surface area contributed by atoms with Gasteiger partial charge in [0.15, 0.2) is 6.10 Å². The second-order valence-electron chi connectivity index (χ2n) is 6.09. The van der Waals surface area contributed by atoms with E-state index in [0.717, 1.165) is 10.6 Å². The number of ether oxygens (including phenoxy) is 2. The van der Waals surface area contributed by atoms with E-state index in [0.29, 0.717) is 16.5 Å². The van der Waals surface area contributed by atoms with Gasteiger partial charge in [0.1, 0.15) is 5.75 Å². The summed E-state index contributed by atoms with van der Waals surface area (Å²) in [5.41, 5.74) is -0.600. The van der Waals surface area contributed by atoms with E-state index < -0.39 is 29.2 Å². The third-order valence-corrected chi connectivity index (χ3v) is 4.19. The lowest BCUT2D eigenvalue weighted by molar-refractivity contribution is -0.148. The molecule has 10 heteroatoms. The van der Waals surface area contributed by atoms with Crippen LogP contribution in [0.3, 0.4) is 0 Å². The first-order valence-corrected chi connectivity index (χ1v) is 8.81. The van der Waals surface area contributed by atoms with Crippen LogP contribution in [0.4, 0.5) is 5.69 Å². The van der Waals surface area contributed by atoms with Gasteiger partial charge in [0.05, 0.1) is 18.4 Å². The number of rotatable bonds is 6. The highest BCUT2D eigenvalue weighted by Crippen LogP contribution is 2.27. The van der Waals surface area contributed by atoms with Crippen LogP contribution in [0.15, 0.2) is 40.1 Å². The summed E-state index contributed by atoms with van der Waals surface area (Å²) >= 11 is 5.92. The first kappa shape index (κ1) is 22.0. The second kappa shape index (κ2) is 9.24. The first-order chi connectivity index (χ1) is 13.6. The highest BCUT2D eigenvalue weighted by Gasteiger charge is 2.18. The van der Waals surface area contributed by atoms with Gasteiger partial charge in [0.25, 0.3) is 11.5 Å². The summed E-state index contributed by atoms with van der Waals surface area (Å²) in [7, 11) is 4.25. The molecule has 1 aromatic heterocycles. The number of aryl methyl sites for hydroxylation is 1. The van der Waals surface area contributed by atoms with Gasteiger partial charge in [0, 0.05) is 31.4 Å². The Morgan fingerprint density at radius 1 is 1.24 bits per heavy atom. The van der Waals surface area contributed by atoms with Gasteiger partial charge in [-0.25, -0.2) is 9.59 Å². The van der Waals surface area contributed by atoms with E-state index in [1.165, 1.54) is 51.0 Å². The molecule has 2 aromatic rings. The number of hydrogen-bond donors (Lipinski definition) is 1. The van der Waals surface area contributed by atoms with Crippen LogP contribution in [0, 0.1) is 0 Å². The molecule has 0 spiro atoms. The van der Waals surface area contributed by atoms with Crippen LogP contribution in [-0.4, -0.2) is 34.2 Å². The number of carbonyl (C=O) groups excluding carboxylic acids is 2. The Morgan fingerprint density at radius 3 is 2.59 bits per heavy atom. The van der Waals surface area contributed by atoms with Crippen molar-refractivity contribution < 1.29 is 19.1 Å². The third-order valence-electron chi connectivity index (χ3n) is 3.95. The largest absolute Gasteiger partial charge is 0.495 e. The molecule has 1 heterocycles. The number of anilines is 1. The van der Waals surface area contributed by atoms with E-state index in [1.807, 2.05) is 0 Å². The molecule has 0 aliphatic heterocycles. The summed E-state index contributed by atoms with van der Waals surface area (Å²) in [4.78, 5) is 48.0. The lowest BCUT2D eigenvalue weighted by Gasteiger charge is -2.14. The molecule has 0 aliphatic carbocycles. The lowest BCUT2D eigenvalue weighted by atomic mass is 10.2. The number of methoxy groups -OCH3 is 1. The first-order valence-electron chi connectivity index (χ1n) is 8.43. The van der Waals surface area contributed by atoms with Gasteiger partial charge < -0.3 is 19.4 Å². The minimum absolute atomic E-state index is 0.118. The Bertz CT molecular complexity index is 1090. The number of nitrogens with one attached hydrogen (secondary N) is 1. The molecule has 0 aliphatic rings. The average molecular weight is 422 g/mol. The normalized spacial score (nSPS) is 11.9. The Hall–Kier alpha value is -3.33. The van der Waals surface area contributed by atoms with Crippen LogP contribution in [-0.2, 0) is 28.4 Å². The van der Waals surface area contributed by atoms with Crippen molar-refractivity contribution in [1.29, 1.82) is 0 Å². The molecule has 0 fully saturated rings. The number of carbonyl (C=O) groups is 2. The zero-order valence-electron chi connectivity index (χ0n) is 16.3. The molecule has 0 saturated heterocycles. The molecular weight excluding hydrogens is 402 g/mol. The van der Waals surface area contributed by atoms with Gasteiger partial charge >= 0.3 is 11.7 Å². The molecule has 1 N–H and O–H groups in total. The topological polar surface area (TPSA) is 109 Å². The number of esters is 1. The number of amides is 1. The van der Waals surface area contributed by atoms with Crippen molar-refractivity contribution in [3.63, 3.8) is 0 Å². The molecule has 1 amide bonds. The number of nitrogens with zero attached hydrogens (tertiary/aromatic N) is 2. The minimum Gasteiger partial charge on any atom is -0.495 e. The van der Waals surface area contributed by atoms with E-state index in [9.17, 15) is 19.2 Å². The number of aromatic nitrogens is 2. The zero-order valence-corrected chi connectivity index (χ0v) is 17.0. The monoisotopic (exact) mass is 421 g/mol. The zero-order chi connectivity index (χ0) is 21.7. The fourth-order valence-electron chi connectivity index (χ4n) is 2.39. The molecule has 0 bridgehead atoms. The maximum absolute atomic E-state index is 12.3. The highest BCUT2D eigenvalue weighted by molar-refractivity contribution is 6.31. The Kier molecular flexibility index (Phi) is 7.00. The molecule has 0 radical (unpaired) electrons. The van der Waals surface area contributed by atoms with Crippen molar-refractivity contribution in [2.75, 3.05) is 12.4 Å². The van der Waals surface area contributed by atoms with E-state index in [-0.39, 0.29) is 5.56 Å². The molecule has 0 saturated carbocycles. The van der Waals surface area contributed by atoms with Gasteiger partial charge in [-0.3, -0.25) is 14.2 Å². The van der Waals surface area contributed by atoms with Crippen molar-refractivity contribution in [3.05, 3.63) is 61.9 Å². The van der Waals surface area contributed by atoms with E-state index in [1.54, 1.807) is 12.1 Å². The van der Waals surface area contributed by atoms with Crippen LogP contribution >= 0.6 is 11.6 Å². The predicted molar refractivity (Wildman–Crippen MR) is 108 cm³/mol. The fourth-order valence-corrected chi connectivity index (χ4v) is 2.56. The van der Waals surface area contributed by atoms with Gasteiger partial charge in [-0.05, 0) is 31.2 Å². The maximum Gasteiger partial charge on any atom is 0.331 e. The lowest BCUT2D eigenvalue weighted by Crippen LogP contribution is -2.37. The van der Waals surface area contributed by atoms with Crippen molar-refractivity contribution in [2.45, 2.75) is 13.0 Å². The predicted octanol–water partition coefficient (Wildman–Crippen LogP) is 1.33. The van der Waals surface area contributed by atoms with Gasteiger partial charge in [0.2, 0.25) is 0 Å². The quantitative estimate of drug-likeness (QED) is 0.556. The summed E-state index contributed by atoms with van der Waals surface area (Å²) in [6.07, 6.45) is 2.40. The summed E-state index contributed by atoms with van der Waals surface area (Å²) < 4.78 is 12.3. The van der Waals surface area contributed by atoms with Crippen molar-refractivity contribution in [1.82, 2.24) is 9.13 Å². The van der Waals surface area contributed by atoms with E-state index >= 15 is 0 Å². The van der Waals surface area contributed by atoms with Crippen molar-refractivity contribution >= 4 is 35.2 Å². The van der Waals surface area contributed by atoms with Crippen LogP contribution in [0.2, 0.25) is 5.02 Å². The summed E-state index contributed by atoms with van der Waals surface area (Å²) in [6, 6.07) is 4.70. The van der Waals surface area contributed by atoms with Gasteiger partial charge in [-0.15, -0.1) is 0 Å². The standard InChI is InChI=1S/C19H20ClN3O6/c1-11(17(25)21-14-9-13(20)6-7-15(14)28-4)29-16(24)8-5-12-10-22(2)19(27)23(3)18(12)26/h5-11H,1-4H3,(H,21,25)/b8-5+. The summed E-state index contributed by atoms with van der Waals surface area (Å²) in [5.74, 6) is -1.03. The van der Waals surface area contributed by atoms with Gasteiger partial charge in [-0.2, -0.15) is 0 Å². The van der Waals surface area contributed by atoms with E-state index in [2.05, 4.69) is 5.32 Å². The van der Waals surface area contributed by atoms with Crippen molar-refractivity contribution in [2.24, 2.45) is 14.1 Å². The van der Waals surface area contributed by atoms with Crippen LogP contribution in [0.5, 0.6) is 5.75 Å². The molecule has 9 nitrogen and oxygen atoms in total. The molecule has 154 valence electrons. The summed E-state index contributed by atoms with van der Waals surface area (Å²) in [5, 5.41) is 2.97. The van der Waals surface area contributed by atoms with Crippen molar-refractivity contribution in [3.8, 4) is 5.75 Å². The number of hydrogen-bond acceptors (Lipinski definition) is 6. The molecule has 1 atom stereocenters. The molecule has 1 unspecified atom stereocenters. The Balaban J connectivity index is 2.07. The molecule has 1 aromatic carbocycles. The van der Waals surface area contributed by atoms with E-state index in [4.69, 9.17) is 21.1 Å². The smallest absolute Gasteiger partial charge is 0.331 e. The molecule has 2 rings (SSSR count). The maximum atomic E-state index is 12.3. The fraction of sp³-hybridized carbons (Fsp3) is 0.263. The van der Waals surface area contributed by atoms with Gasteiger partial charge in [-0.1, -0.05) is 11.6 Å².